The van der Waals surface area contributed by atoms with Crippen LogP contribution in [0.25, 0.3) is 9.40 Å². The second kappa shape index (κ2) is 6.08. The van der Waals surface area contributed by atoms with Crippen LogP contribution in [0.3, 0.4) is 0 Å². The molecule has 0 atom stereocenters. The molecule has 0 spiro atoms. The molecule has 0 saturated carbocycles. The summed E-state index contributed by atoms with van der Waals surface area (Å²) in [4.78, 5) is 23.3. The van der Waals surface area contributed by atoms with Crippen LogP contribution in [0.5, 0.6) is 0 Å². The predicted octanol–water partition coefficient (Wildman–Crippen LogP) is 3.38. The summed E-state index contributed by atoms with van der Waals surface area (Å²) >= 11 is 5.00. The molecule has 114 valence electrons. The number of piperazine rings is 1. The van der Waals surface area contributed by atoms with Crippen molar-refractivity contribution in [1.29, 1.82) is 0 Å². The lowest BCUT2D eigenvalue weighted by atomic mass is 10.3. The summed E-state index contributed by atoms with van der Waals surface area (Å²) in [6.07, 6.45) is 1.93. The second-order valence-corrected chi connectivity index (χ2v) is 8.30. The fraction of sp³-hybridized carbons (Fsp3) is 0.333. The lowest BCUT2D eigenvalue weighted by Gasteiger charge is -2.34. The van der Waals surface area contributed by atoms with Crippen LogP contribution >= 0.6 is 34.0 Å². The fourth-order valence-corrected chi connectivity index (χ4v) is 5.39. The number of thiophene rings is 2. The molecule has 1 aliphatic rings. The van der Waals surface area contributed by atoms with Gasteiger partial charge >= 0.3 is 0 Å². The zero-order chi connectivity index (χ0) is 14.9. The third-order valence-electron chi connectivity index (χ3n) is 3.87. The Morgan fingerprint density at radius 3 is 2.77 bits per heavy atom. The molecule has 0 N–H and O–H groups in total. The topological polar surface area (TPSA) is 36.4 Å². The third kappa shape index (κ3) is 2.81. The molecule has 1 aliphatic heterocycles. The van der Waals surface area contributed by atoms with Gasteiger partial charge in [0, 0.05) is 53.2 Å². The first kappa shape index (κ1) is 14.3. The predicted molar refractivity (Wildman–Crippen MR) is 93.0 cm³/mol. The summed E-state index contributed by atoms with van der Waals surface area (Å²) in [6, 6.07) is 4.13. The van der Waals surface area contributed by atoms with Crippen molar-refractivity contribution < 1.29 is 4.79 Å². The number of hydrogen-bond acceptors (Lipinski definition) is 6. The minimum absolute atomic E-state index is 0.186. The van der Waals surface area contributed by atoms with Gasteiger partial charge in [-0.25, -0.2) is 0 Å². The van der Waals surface area contributed by atoms with Crippen LogP contribution in [-0.4, -0.2) is 46.9 Å². The number of carbonyl (C=O) groups is 1. The van der Waals surface area contributed by atoms with Crippen LogP contribution < -0.4 is 0 Å². The Labute approximate surface area is 140 Å². The minimum Gasteiger partial charge on any atom is -0.335 e. The van der Waals surface area contributed by atoms with Crippen molar-refractivity contribution >= 4 is 49.3 Å². The van der Waals surface area contributed by atoms with Gasteiger partial charge in [-0.3, -0.25) is 14.7 Å². The molecule has 0 unspecified atom stereocenters. The lowest BCUT2D eigenvalue weighted by molar-refractivity contribution is 0.0634. The van der Waals surface area contributed by atoms with Crippen LogP contribution in [0.2, 0.25) is 0 Å². The molecule has 4 nitrogen and oxygen atoms in total. The molecule has 1 amide bonds. The quantitative estimate of drug-likeness (QED) is 0.727. The van der Waals surface area contributed by atoms with Crippen LogP contribution in [0.15, 0.2) is 29.2 Å². The van der Waals surface area contributed by atoms with Crippen molar-refractivity contribution in [3.63, 3.8) is 0 Å². The molecular formula is C15H15N3OS3. The van der Waals surface area contributed by atoms with Gasteiger partial charge in [0.15, 0.2) is 0 Å². The second-order valence-electron chi connectivity index (χ2n) is 5.30. The maximum absolute atomic E-state index is 12.6. The molecule has 0 radical (unpaired) electrons. The van der Waals surface area contributed by atoms with Gasteiger partial charge in [-0.15, -0.1) is 34.0 Å². The lowest BCUT2D eigenvalue weighted by Crippen LogP contribution is -2.48. The summed E-state index contributed by atoms with van der Waals surface area (Å²) in [5.41, 5.74) is 1.87. The highest BCUT2D eigenvalue weighted by molar-refractivity contribution is 7.27. The largest absolute Gasteiger partial charge is 0.335 e. The van der Waals surface area contributed by atoms with E-state index in [4.69, 9.17) is 0 Å². The number of thiazole rings is 1. The van der Waals surface area contributed by atoms with Gasteiger partial charge in [0.2, 0.25) is 0 Å². The standard InChI is InChI=1S/C15H15N3OS3/c19-15(14-7-13-12(22-14)1-6-20-13)18-4-2-17(3-5-18)9-11-8-16-10-21-11/h1,6-8,10H,2-5,9H2. The van der Waals surface area contributed by atoms with E-state index in [9.17, 15) is 4.79 Å². The van der Waals surface area contributed by atoms with Gasteiger partial charge in [0.25, 0.3) is 5.91 Å². The van der Waals surface area contributed by atoms with E-state index in [2.05, 4.69) is 21.3 Å². The molecule has 1 saturated heterocycles. The van der Waals surface area contributed by atoms with Gasteiger partial charge < -0.3 is 4.90 Å². The van der Waals surface area contributed by atoms with E-state index in [1.807, 2.05) is 22.7 Å². The molecule has 3 aromatic heterocycles. The van der Waals surface area contributed by atoms with Crippen molar-refractivity contribution in [2.75, 3.05) is 26.2 Å². The van der Waals surface area contributed by atoms with E-state index < -0.39 is 0 Å². The first-order valence-electron chi connectivity index (χ1n) is 7.15. The highest BCUT2D eigenvalue weighted by Gasteiger charge is 2.23. The Balaban J connectivity index is 1.38. The summed E-state index contributed by atoms with van der Waals surface area (Å²) in [6.45, 7) is 4.43. The number of fused-ring (bicyclic) bond motifs is 1. The SMILES string of the molecule is O=C(c1cc2sccc2s1)N1CCN(Cc2cncs2)CC1. The zero-order valence-corrected chi connectivity index (χ0v) is 14.3. The van der Waals surface area contributed by atoms with Gasteiger partial charge in [-0.05, 0) is 17.5 Å². The number of hydrogen-bond donors (Lipinski definition) is 0. The average molecular weight is 350 g/mol. The summed E-state index contributed by atoms with van der Waals surface area (Å²) in [5.74, 6) is 0.186. The number of nitrogens with zero attached hydrogens (tertiary/aromatic N) is 3. The highest BCUT2D eigenvalue weighted by Crippen LogP contribution is 2.30. The van der Waals surface area contributed by atoms with E-state index in [1.165, 1.54) is 14.3 Å². The Morgan fingerprint density at radius 2 is 2.05 bits per heavy atom. The minimum atomic E-state index is 0.186. The van der Waals surface area contributed by atoms with Crippen molar-refractivity contribution in [2.45, 2.75) is 6.54 Å². The maximum atomic E-state index is 12.6. The normalized spacial score (nSPS) is 16.5. The number of carbonyl (C=O) groups excluding carboxylic acids is 1. The Kier molecular flexibility index (Phi) is 3.96. The first-order valence-corrected chi connectivity index (χ1v) is 9.73. The van der Waals surface area contributed by atoms with E-state index in [-0.39, 0.29) is 5.91 Å². The van der Waals surface area contributed by atoms with E-state index >= 15 is 0 Å². The number of amides is 1. The molecule has 4 heterocycles. The third-order valence-corrected chi connectivity index (χ3v) is 6.72. The van der Waals surface area contributed by atoms with Gasteiger partial charge in [-0.2, -0.15) is 0 Å². The summed E-state index contributed by atoms with van der Waals surface area (Å²) in [7, 11) is 0. The van der Waals surface area contributed by atoms with Crippen molar-refractivity contribution in [1.82, 2.24) is 14.8 Å². The molecule has 22 heavy (non-hydrogen) atoms. The molecule has 3 aromatic rings. The van der Waals surface area contributed by atoms with Crippen LogP contribution in [0.1, 0.15) is 14.5 Å². The van der Waals surface area contributed by atoms with Crippen molar-refractivity contribution in [3.8, 4) is 0 Å². The van der Waals surface area contributed by atoms with E-state index in [0.29, 0.717) is 0 Å². The van der Waals surface area contributed by atoms with Gasteiger partial charge in [0.05, 0.1) is 10.4 Å². The molecule has 4 rings (SSSR count). The fourth-order valence-electron chi connectivity index (χ4n) is 2.68. The van der Waals surface area contributed by atoms with Crippen molar-refractivity contribution in [2.24, 2.45) is 0 Å². The maximum Gasteiger partial charge on any atom is 0.264 e. The average Bonchev–Trinajstić information content (AvgIpc) is 3.24. The molecule has 0 aromatic carbocycles. The molecular weight excluding hydrogens is 334 g/mol. The van der Waals surface area contributed by atoms with Crippen LogP contribution in [0.4, 0.5) is 0 Å². The number of rotatable bonds is 3. The van der Waals surface area contributed by atoms with Gasteiger partial charge in [0.1, 0.15) is 0 Å². The molecule has 7 heteroatoms. The molecule has 0 aliphatic carbocycles. The van der Waals surface area contributed by atoms with E-state index in [1.54, 1.807) is 34.0 Å². The monoisotopic (exact) mass is 349 g/mol. The molecule has 1 fully saturated rings. The van der Waals surface area contributed by atoms with Gasteiger partial charge in [-0.1, -0.05) is 0 Å². The first-order chi connectivity index (χ1) is 10.8. The smallest absolute Gasteiger partial charge is 0.264 e. The highest BCUT2D eigenvalue weighted by atomic mass is 32.1. The van der Waals surface area contributed by atoms with Crippen molar-refractivity contribution in [3.05, 3.63) is 39.0 Å². The Bertz CT molecular complexity index is 741. The van der Waals surface area contributed by atoms with Crippen LogP contribution in [-0.2, 0) is 6.54 Å². The Morgan fingerprint density at radius 1 is 1.18 bits per heavy atom. The number of aromatic nitrogens is 1. The summed E-state index contributed by atoms with van der Waals surface area (Å²) in [5, 5.41) is 2.08. The Hall–Kier alpha value is -1.28. The van der Waals surface area contributed by atoms with E-state index in [0.717, 1.165) is 37.6 Å². The molecule has 0 bridgehead atoms. The van der Waals surface area contributed by atoms with Crippen LogP contribution in [0, 0.1) is 0 Å². The summed E-state index contributed by atoms with van der Waals surface area (Å²) < 4.78 is 2.44. The zero-order valence-electron chi connectivity index (χ0n) is 11.9.